The molecule has 0 radical (unpaired) electrons. The summed E-state index contributed by atoms with van der Waals surface area (Å²) in [5, 5.41) is 1.39. The lowest BCUT2D eigenvalue weighted by molar-refractivity contribution is -0.207. The van der Waals surface area contributed by atoms with E-state index < -0.39 is 23.8 Å². The second kappa shape index (κ2) is 4.63. The van der Waals surface area contributed by atoms with Crippen LogP contribution in [0.4, 0.5) is 23.7 Å². The summed E-state index contributed by atoms with van der Waals surface area (Å²) in [6.45, 7) is 0. The highest BCUT2D eigenvalue weighted by Gasteiger charge is 2.66. The highest BCUT2D eigenvalue weighted by molar-refractivity contribution is 8.15. The van der Waals surface area contributed by atoms with E-state index in [1.807, 2.05) is 0 Å². The van der Waals surface area contributed by atoms with Crippen molar-refractivity contribution >= 4 is 34.6 Å². The number of nitrogens with one attached hydrogen (secondary N) is 1. The van der Waals surface area contributed by atoms with Crippen LogP contribution < -0.4 is 10.2 Å². The topological polar surface area (TPSA) is 71.0 Å². The first-order valence-electron chi connectivity index (χ1n) is 5.94. The average molecular weight is 331 g/mol. The molecule has 0 saturated heterocycles. The number of anilines is 1. The largest absolute Gasteiger partial charge is 0.466 e. The number of benzene rings is 1. The molecular formula is C12H8F3N3O3S. The number of nitrogens with zero attached hydrogens (tertiary/aromatic N) is 2. The number of carbonyl (C=O) groups is 2. The van der Waals surface area contributed by atoms with Crippen LogP contribution in [0.3, 0.4) is 0 Å². The summed E-state index contributed by atoms with van der Waals surface area (Å²) in [6, 6.07) is 5.44. The fourth-order valence-electron chi connectivity index (χ4n) is 2.12. The van der Waals surface area contributed by atoms with Crippen LogP contribution in [-0.2, 0) is 9.53 Å². The van der Waals surface area contributed by atoms with E-state index in [9.17, 15) is 22.8 Å². The molecule has 116 valence electrons. The molecule has 2 heterocycles. The number of fused-ring (bicyclic) bond motifs is 3. The minimum atomic E-state index is -5.13. The fourth-order valence-corrected chi connectivity index (χ4v) is 3.18. The summed E-state index contributed by atoms with van der Waals surface area (Å²) < 4.78 is 44.2. The Labute approximate surface area is 126 Å². The molecule has 0 spiro atoms. The van der Waals surface area contributed by atoms with Gasteiger partial charge in [-0.25, -0.2) is 19.5 Å². The van der Waals surface area contributed by atoms with Crippen molar-refractivity contribution < 1.29 is 27.5 Å². The maximum Gasteiger partial charge on any atom is 0.444 e. The van der Waals surface area contributed by atoms with E-state index in [0.717, 1.165) is 23.8 Å². The molecule has 10 heteroatoms. The summed E-state index contributed by atoms with van der Waals surface area (Å²) in [5.74, 6) is -1.70. The molecule has 2 aliphatic heterocycles. The lowest BCUT2D eigenvalue weighted by Gasteiger charge is -2.35. The predicted molar refractivity (Wildman–Crippen MR) is 71.5 cm³/mol. The van der Waals surface area contributed by atoms with E-state index in [0.29, 0.717) is 10.6 Å². The third-order valence-electron chi connectivity index (χ3n) is 3.14. The lowest BCUT2D eigenvalue weighted by atomic mass is 10.1. The Hall–Kier alpha value is -2.23. The van der Waals surface area contributed by atoms with Crippen LogP contribution in [0.25, 0.3) is 0 Å². The van der Waals surface area contributed by atoms with E-state index in [-0.39, 0.29) is 5.17 Å². The van der Waals surface area contributed by atoms with Crippen LogP contribution in [-0.4, -0.2) is 36.1 Å². The van der Waals surface area contributed by atoms with Crippen LogP contribution in [0.2, 0.25) is 0 Å². The fraction of sp³-hybridized carbons (Fsp3) is 0.250. The second-order valence-corrected chi connectivity index (χ2v) is 5.44. The molecule has 0 fully saturated rings. The first kappa shape index (κ1) is 14.7. The van der Waals surface area contributed by atoms with Gasteiger partial charge in [-0.15, -0.1) is 0 Å². The summed E-state index contributed by atoms with van der Waals surface area (Å²) in [5.41, 5.74) is -3.02. The maximum absolute atomic E-state index is 13.3. The summed E-state index contributed by atoms with van der Waals surface area (Å²) in [7, 11) is 0.797. The molecule has 1 aromatic rings. The van der Waals surface area contributed by atoms with Crippen LogP contribution in [0.5, 0.6) is 0 Å². The number of methoxy groups -OCH3 is 1. The smallest absolute Gasteiger partial charge is 0.444 e. The van der Waals surface area contributed by atoms with Crippen molar-refractivity contribution in [3.63, 3.8) is 0 Å². The molecule has 1 N–H and O–H groups in total. The molecule has 3 rings (SSSR count). The van der Waals surface area contributed by atoms with Gasteiger partial charge in [-0.2, -0.15) is 13.2 Å². The van der Waals surface area contributed by atoms with Gasteiger partial charge < -0.3 is 4.74 Å². The van der Waals surface area contributed by atoms with E-state index >= 15 is 0 Å². The van der Waals surface area contributed by atoms with Crippen LogP contribution >= 0.6 is 11.8 Å². The van der Waals surface area contributed by atoms with Crippen molar-refractivity contribution in [3.8, 4) is 0 Å². The number of rotatable bonds is 1. The van der Waals surface area contributed by atoms with Gasteiger partial charge in [0.1, 0.15) is 0 Å². The lowest BCUT2D eigenvalue weighted by Crippen LogP contribution is -2.68. The first-order valence-corrected chi connectivity index (χ1v) is 6.76. The number of para-hydroxylation sites is 1. The van der Waals surface area contributed by atoms with Gasteiger partial charge in [0, 0.05) is 4.90 Å². The zero-order valence-electron chi connectivity index (χ0n) is 11.0. The second-order valence-electron chi connectivity index (χ2n) is 4.43. The van der Waals surface area contributed by atoms with Gasteiger partial charge in [-0.3, -0.25) is 5.32 Å². The van der Waals surface area contributed by atoms with Crippen LogP contribution in [0.1, 0.15) is 0 Å². The molecule has 2 amide bonds. The van der Waals surface area contributed by atoms with E-state index in [4.69, 9.17) is 0 Å². The molecule has 2 aliphatic rings. The number of amides is 2. The maximum atomic E-state index is 13.3. The zero-order chi connectivity index (χ0) is 16.1. The molecule has 6 nitrogen and oxygen atoms in total. The van der Waals surface area contributed by atoms with E-state index in [1.165, 1.54) is 0 Å². The van der Waals surface area contributed by atoms with Crippen LogP contribution in [0.15, 0.2) is 34.2 Å². The van der Waals surface area contributed by atoms with Gasteiger partial charge in [0.2, 0.25) is 0 Å². The highest BCUT2D eigenvalue weighted by atomic mass is 32.2. The molecule has 0 aliphatic carbocycles. The summed E-state index contributed by atoms with van der Waals surface area (Å²) in [4.78, 5) is 28.8. The molecule has 22 heavy (non-hydrogen) atoms. The number of aliphatic imine (C=N–C) groups is 1. The number of alkyl halides is 3. The molecule has 0 unspecified atom stereocenters. The first-order chi connectivity index (χ1) is 10.3. The normalized spacial score (nSPS) is 23.4. The molecule has 1 atom stereocenters. The van der Waals surface area contributed by atoms with Gasteiger partial charge in [0.25, 0.3) is 0 Å². The highest BCUT2D eigenvalue weighted by Crippen LogP contribution is 2.45. The number of halogens is 3. The number of carbonyl (C=O) groups excluding carboxylic acids is 2. The van der Waals surface area contributed by atoms with Crippen molar-refractivity contribution in [1.82, 2.24) is 5.32 Å². The Morgan fingerprint density at radius 2 is 2.09 bits per heavy atom. The van der Waals surface area contributed by atoms with Crippen molar-refractivity contribution in [3.05, 3.63) is 24.3 Å². The van der Waals surface area contributed by atoms with Crippen molar-refractivity contribution in [2.75, 3.05) is 12.0 Å². The quantitative estimate of drug-likeness (QED) is 0.800. The Bertz CT molecular complexity index is 706. The monoisotopic (exact) mass is 331 g/mol. The Kier molecular flexibility index (Phi) is 3.09. The molecule has 0 aromatic heterocycles. The summed E-state index contributed by atoms with van der Waals surface area (Å²) >= 11 is 0.877. The zero-order valence-corrected chi connectivity index (χ0v) is 11.8. The van der Waals surface area contributed by atoms with Crippen molar-refractivity contribution in [1.29, 1.82) is 0 Å². The number of hydrogen-bond acceptors (Lipinski definition) is 5. The third-order valence-corrected chi connectivity index (χ3v) is 4.17. The van der Waals surface area contributed by atoms with Gasteiger partial charge in [-0.05, 0) is 23.9 Å². The van der Waals surface area contributed by atoms with Crippen molar-refractivity contribution in [2.45, 2.75) is 16.7 Å². The number of urea groups is 1. The molecule has 0 bridgehead atoms. The third kappa shape index (κ3) is 1.86. The van der Waals surface area contributed by atoms with Crippen molar-refractivity contribution in [2.24, 2.45) is 4.99 Å². The summed E-state index contributed by atoms with van der Waals surface area (Å²) in [6.07, 6.45) is -5.13. The number of esters is 1. The molecular weight excluding hydrogens is 323 g/mol. The number of ether oxygens (including phenoxy) is 1. The minimum absolute atomic E-state index is 0.229. The number of thioether (sulfide) groups is 1. The molecule has 1 aromatic carbocycles. The van der Waals surface area contributed by atoms with E-state index in [2.05, 4.69) is 9.73 Å². The van der Waals surface area contributed by atoms with E-state index in [1.54, 1.807) is 29.6 Å². The average Bonchev–Trinajstić information content (AvgIpc) is 2.83. The van der Waals surface area contributed by atoms with Gasteiger partial charge in [0.15, 0.2) is 5.17 Å². The minimum Gasteiger partial charge on any atom is -0.466 e. The Morgan fingerprint density at radius 3 is 2.73 bits per heavy atom. The van der Waals surface area contributed by atoms with Gasteiger partial charge in [-0.1, -0.05) is 12.1 Å². The van der Waals surface area contributed by atoms with Crippen LogP contribution in [0, 0.1) is 0 Å². The Morgan fingerprint density at radius 1 is 1.41 bits per heavy atom. The number of amidine groups is 1. The number of hydrogen-bond donors (Lipinski definition) is 1. The SMILES string of the molecule is COC(=O)[C@@]1(C(F)(F)F)N=C2Sc3ccccc3N2C(=O)N1. The standard InChI is InChI=1S/C12H8F3N3O3S/c1-21-8(19)11(12(13,14)15)16-9(20)18-6-4-2-3-5-7(6)22-10(18)17-11/h2-5H,1H3,(H,16,20)/t11-/m0/s1. The predicted octanol–water partition coefficient (Wildman–Crippen LogP) is 2.11. The van der Waals surface area contributed by atoms with Gasteiger partial charge >= 0.3 is 23.8 Å². The Balaban J connectivity index is 2.16. The molecule has 0 saturated carbocycles. The van der Waals surface area contributed by atoms with Gasteiger partial charge in [0.05, 0.1) is 12.8 Å².